The number of carbonyl (C=O) groups excluding carboxylic acids is 1. The Labute approximate surface area is 163 Å². The van der Waals surface area contributed by atoms with E-state index >= 15 is 0 Å². The third-order valence-electron chi connectivity index (χ3n) is 4.89. The number of alkyl halides is 3. The average Bonchev–Trinajstić information content (AvgIpc) is 3.13. The summed E-state index contributed by atoms with van der Waals surface area (Å²) in [6.45, 7) is 0. The van der Waals surface area contributed by atoms with Crippen LogP contribution in [-0.2, 0) is 12.6 Å². The van der Waals surface area contributed by atoms with E-state index in [0.29, 0.717) is 24.7 Å². The number of nitrogens with zero attached hydrogens (tertiary/aromatic N) is 3. The van der Waals surface area contributed by atoms with Crippen LogP contribution in [0.4, 0.5) is 17.6 Å². The maximum absolute atomic E-state index is 14.1. The standard InChI is InChI=1S/C20H16F4N4O/c21-14-4-1-2-6-18(14)28-17-7-3-5-15(13(17)11-26-28)27-19(29)16-9-8-12(10-25-16)20(22,23)24/h1-2,4,6,8-11,15H,3,5,7H2,(H,27,29). The predicted molar refractivity (Wildman–Crippen MR) is 95.9 cm³/mol. The van der Waals surface area contributed by atoms with Crippen molar-refractivity contribution in [2.45, 2.75) is 31.5 Å². The molecule has 150 valence electrons. The van der Waals surface area contributed by atoms with Crippen molar-refractivity contribution in [1.29, 1.82) is 0 Å². The number of nitrogens with one attached hydrogen (secondary N) is 1. The van der Waals surface area contributed by atoms with E-state index < -0.39 is 23.5 Å². The summed E-state index contributed by atoms with van der Waals surface area (Å²) in [6.07, 6.45) is -0.222. The fourth-order valence-corrected chi connectivity index (χ4v) is 3.47. The molecule has 2 heterocycles. The van der Waals surface area contributed by atoms with Crippen molar-refractivity contribution in [1.82, 2.24) is 20.1 Å². The van der Waals surface area contributed by atoms with Gasteiger partial charge in [0, 0.05) is 17.5 Å². The van der Waals surface area contributed by atoms with Gasteiger partial charge in [-0.3, -0.25) is 9.78 Å². The maximum atomic E-state index is 14.1. The Kier molecular flexibility index (Phi) is 4.81. The minimum Gasteiger partial charge on any atom is -0.344 e. The van der Waals surface area contributed by atoms with Crippen LogP contribution in [0.3, 0.4) is 0 Å². The highest BCUT2D eigenvalue weighted by atomic mass is 19.4. The molecule has 1 N–H and O–H groups in total. The van der Waals surface area contributed by atoms with E-state index in [9.17, 15) is 22.4 Å². The average molecular weight is 404 g/mol. The topological polar surface area (TPSA) is 59.8 Å². The summed E-state index contributed by atoms with van der Waals surface area (Å²) >= 11 is 0. The Bertz CT molecular complexity index is 1040. The fourth-order valence-electron chi connectivity index (χ4n) is 3.47. The molecule has 3 aromatic rings. The summed E-state index contributed by atoms with van der Waals surface area (Å²) in [6, 6.07) is 7.77. The summed E-state index contributed by atoms with van der Waals surface area (Å²) in [5, 5.41) is 7.08. The number of hydrogen-bond acceptors (Lipinski definition) is 3. The lowest BCUT2D eigenvalue weighted by Gasteiger charge is -2.24. The van der Waals surface area contributed by atoms with Crippen LogP contribution in [0.5, 0.6) is 0 Å². The first-order chi connectivity index (χ1) is 13.8. The highest BCUT2D eigenvalue weighted by Gasteiger charge is 2.31. The van der Waals surface area contributed by atoms with E-state index in [4.69, 9.17) is 0 Å². The maximum Gasteiger partial charge on any atom is 0.417 e. The van der Waals surface area contributed by atoms with Crippen LogP contribution in [0.1, 0.15) is 46.2 Å². The molecule has 2 aromatic heterocycles. The molecule has 1 atom stereocenters. The lowest BCUT2D eigenvalue weighted by Crippen LogP contribution is -2.31. The molecule has 0 saturated heterocycles. The second-order valence-corrected chi connectivity index (χ2v) is 6.76. The minimum atomic E-state index is -4.51. The van der Waals surface area contributed by atoms with Gasteiger partial charge in [0.1, 0.15) is 17.2 Å². The number of pyridine rings is 1. The molecule has 4 rings (SSSR count). The van der Waals surface area contributed by atoms with Crippen LogP contribution in [0.25, 0.3) is 5.69 Å². The van der Waals surface area contributed by atoms with Crippen LogP contribution < -0.4 is 5.32 Å². The second-order valence-electron chi connectivity index (χ2n) is 6.76. The van der Waals surface area contributed by atoms with Crippen molar-refractivity contribution in [2.24, 2.45) is 0 Å². The van der Waals surface area contributed by atoms with E-state index in [-0.39, 0.29) is 11.7 Å². The zero-order valence-electron chi connectivity index (χ0n) is 15.1. The van der Waals surface area contributed by atoms with E-state index in [2.05, 4.69) is 15.4 Å². The van der Waals surface area contributed by atoms with Gasteiger partial charge in [0.2, 0.25) is 0 Å². The molecule has 0 spiro atoms. The molecular formula is C20H16F4N4O. The van der Waals surface area contributed by atoms with Crippen molar-refractivity contribution in [3.8, 4) is 5.69 Å². The smallest absolute Gasteiger partial charge is 0.344 e. The number of rotatable bonds is 3. The SMILES string of the molecule is O=C(NC1CCCc2c1cnn2-c1ccccc1F)c1ccc(C(F)(F)F)cn1. The Morgan fingerprint density at radius 2 is 1.93 bits per heavy atom. The largest absolute Gasteiger partial charge is 0.417 e. The van der Waals surface area contributed by atoms with Crippen LogP contribution in [0.15, 0.2) is 48.8 Å². The van der Waals surface area contributed by atoms with Crippen molar-refractivity contribution < 1.29 is 22.4 Å². The molecule has 0 bridgehead atoms. The van der Waals surface area contributed by atoms with Crippen LogP contribution >= 0.6 is 0 Å². The van der Waals surface area contributed by atoms with Crippen LogP contribution in [0.2, 0.25) is 0 Å². The highest BCUT2D eigenvalue weighted by molar-refractivity contribution is 5.92. The highest BCUT2D eigenvalue weighted by Crippen LogP contribution is 2.32. The van der Waals surface area contributed by atoms with Crippen molar-refractivity contribution in [3.05, 3.63) is 77.1 Å². The first-order valence-electron chi connectivity index (χ1n) is 9.00. The Morgan fingerprint density at radius 1 is 1.14 bits per heavy atom. The van der Waals surface area contributed by atoms with Gasteiger partial charge in [-0.05, 0) is 43.5 Å². The molecule has 1 aliphatic carbocycles. The number of amides is 1. The molecule has 0 saturated carbocycles. The van der Waals surface area contributed by atoms with Gasteiger partial charge in [0.05, 0.1) is 17.8 Å². The molecule has 29 heavy (non-hydrogen) atoms. The predicted octanol–water partition coefficient (Wildman–Crippen LogP) is 4.23. The number of hydrogen-bond donors (Lipinski definition) is 1. The number of benzene rings is 1. The van der Waals surface area contributed by atoms with Gasteiger partial charge in [0.25, 0.3) is 5.91 Å². The number of fused-ring (bicyclic) bond motifs is 1. The van der Waals surface area contributed by atoms with Gasteiger partial charge in [0.15, 0.2) is 0 Å². The first-order valence-corrected chi connectivity index (χ1v) is 9.00. The molecule has 1 aliphatic rings. The molecule has 1 amide bonds. The van der Waals surface area contributed by atoms with Gasteiger partial charge < -0.3 is 5.32 Å². The lowest BCUT2D eigenvalue weighted by molar-refractivity contribution is -0.137. The quantitative estimate of drug-likeness (QED) is 0.665. The first kappa shape index (κ1) is 19.1. The van der Waals surface area contributed by atoms with E-state index in [1.54, 1.807) is 24.4 Å². The zero-order valence-corrected chi connectivity index (χ0v) is 15.1. The van der Waals surface area contributed by atoms with Gasteiger partial charge in [-0.25, -0.2) is 9.07 Å². The Balaban J connectivity index is 1.56. The van der Waals surface area contributed by atoms with E-state index in [1.165, 1.54) is 10.7 Å². The molecule has 0 fully saturated rings. The third-order valence-corrected chi connectivity index (χ3v) is 4.89. The monoisotopic (exact) mass is 404 g/mol. The molecular weight excluding hydrogens is 388 g/mol. The number of aromatic nitrogens is 3. The third kappa shape index (κ3) is 3.72. The Morgan fingerprint density at radius 3 is 2.62 bits per heavy atom. The number of halogens is 4. The van der Waals surface area contributed by atoms with Gasteiger partial charge >= 0.3 is 6.18 Å². The number of carbonyl (C=O) groups is 1. The molecule has 0 aliphatic heterocycles. The Hall–Kier alpha value is -3.23. The zero-order chi connectivity index (χ0) is 20.6. The molecule has 5 nitrogen and oxygen atoms in total. The van der Waals surface area contributed by atoms with Gasteiger partial charge in [-0.15, -0.1) is 0 Å². The molecule has 9 heteroatoms. The minimum absolute atomic E-state index is 0.105. The van der Waals surface area contributed by atoms with Crippen molar-refractivity contribution in [2.75, 3.05) is 0 Å². The van der Waals surface area contributed by atoms with E-state index in [0.717, 1.165) is 29.8 Å². The van der Waals surface area contributed by atoms with Gasteiger partial charge in [-0.2, -0.15) is 18.3 Å². The summed E-state index contributed by atoms with van der Waals surface area (Å²) in [4.78, 5) is 16.1. The molecule has 1 aromatic carbocycles. The van der Waals surface area contributed by atoms with Crippen LogP contribution in [-0.4, -0.2) is 20.7 Å². The summed E-state index contributed by atoms with van der Waals surface area (Å²) < 4.78 is 53.6. The second kappa shape index (κ2) is 7.31. The summed E-state index contributed by atoms with van der Waals surface area (Å²) in [5.41, 5.74) is 0.865. The van der Waals surface area contributed by atoms with Crippen molar-refractivity contribution >= 4 is 5.91 Å². The molecule has 0 radical (unpaired) electrons. The molecule has 1 unspecified atom stereocenters. The fraction of sp³-hybridized carbons (Fsp3) is 0.250. The normalized spacial score (nSPS) is 16.3. The van der Waals surface area contributed by atoms with E-state index in [1.807, 2.05) is 0 Å². The summed E-state index contributed by atoms with van der Waals surface area (Å²) in [5.74, 6) is -0.978. The summed E-state index contributed by atoms with van der Waals surface area (Å²) in [7, 11) is 0. The number of para-hydroxylation sites is 1. The van der Waals surface area contributed by atoms with Crippen LogP contribution in [0, 0.1) is 5.82 Å². The van der Waals surface area contributed by atoms with Gasteiger partial charge in [-0.1, -0.05) is 12.1 Å². The lowest BCUT2D eigenvalue weighted by atomic mass is 9.92. The van der Waals surface area contributed by atoms with Crippen molar-refractivity contribution in [3.63, 3.8) is 0 Å².